The van der Waals surface area contributed by atoms with Crippen molar-refractivity contribution in [3.8, 4) is 0 Å². The number of allylic oxidation sites excluding steroid dienone is 10. The van der Waals surface area contributed by atoms with E-state index < -0.39 is 6.10 Å². The Morgan fingerprint density at radius 3 is 0.871 bits per heavy atom. The van der Waals surface area contributed by atoms with Gasteiger partial charge in [-0.15, -0.1) is 0 Å². The average molecular weight is 980 g/mol. The minimum absolute atomic E-state index is 0.0711. The summed E-state index contributed by atoms with van der Waals surface area (Å²) in [5.74, 6) is -0.861. The van der Waals surface area contributed by atoms with E-state index in [0.29, 0.717) is 19.3 Å². The molecule has 0 aromatic heterocycles. The van der Waals surface area contributed by atoms with E-state index in [1.54, 1.807) is 0 Å². The summed E-state index contributed by atoms with van der Waals surface area (Å²) in [5, 5.41) is 0. The van der Waals surface area contributed by atoms with E-state index in [1.807, 2.05) is 0 Å². The van der Waals surface area contributed by atoms with Gasteiger partial charge in [-0.25, -0.2) is 0 Å². The van der Waals surface area contributed by atoms with Crippen LogP contribution in [0, 0.1) is 0 Å². The van der Waals surface area contributed by atoms with Crippen LogP contribution in [0.3, 0.4) is 0 Å². The molecule has 0 amide bonds. The van der Waals surface area contributed by atoms with Crippen LogP contribution in [0.4, 0.5) is 0 Å². The Kier molecular flexibility index (Phi) is 56.3. The molecule has 0 heterocycles. The zero-order valence-corrected chi connectivity index (χ0v) is 46.5. The lowest BCUT2D eigenvalue weighted by molar-refractivity contribution is -0.167. The van der Waals surface area contributed by atoms with Gasteiger partial charge in [0.2, 0.25) is 0 Å². The SMILES string of the molecule is CC/C=C\C/C=C\C/C=C\C/C=C\C/C=C\CCCCCCCCCCCC(=O)OCC(COC(=O)CCCCCCCCCCCCCC)OC(=O)CCCCCCCCCCCCCCCCC. The molecule has 0 aromatic carbocycles. The summed E-state index contributed by atoms with van der Waals surface area (Å²) in [7, 11) is 0. The largest absolute Gasteiger partial charge is 0.462 e. The molecule has 0 aliphatic carbocycles. The molecule has 0 aromatic rings. The molecule has 0 spiro atoms. The molecule has 0 radical (unpaired) electrons. The maximum atomic E-state index is 12.9. The summed E-state index contributed by atoms with van der Waals surface area (Å²) in [5.41, 5.74) is 0. The summed E-state index contributed by atoms with van der Waals surface area (Å²) in [4.78, 5) is 38.2. The number of carbonyl (C=O) groups is 3. The van der Waals surface area contributed by atoms with Crippen molar-refractivity contribution in [2.75, 3.05) is 13.2 Å². The first-order valence-electron chi connectivity index (χ1n) is 30.3. The highest BCUT2D eigenvalue weighted by atomic mass is 16.6. The average Bonchev–Trinajstić information content (AvgIpc) is 3.36. The summed E-state index contributed by atoms with van der Waals surface area (Å²) < 4.78 is 16.9. The van der Waals surface area contributed by atoms with Crippen LogP contribution in [0.15, 0.2) is 60.8 Å². The third-order valence-electron chi connectivity index (χ3n) is 13.3. The van der Waals surface area contributed by atoms with Crippen molar-refractivity contribution in [1.82, 2.24) is 0 Å². The molecule has 0 N–H and O–H groups in total. The Bertz CT molecular complexity index is 1260. The highest BCUT2D eigenvalue weighted by Crippen LogP contribution is 2.17. The first-order chi connectivity index (χ1) is 34.5. The third kappa shape index (κ3) is 56.0. The second kappa shape index (κ2) is 58.7. The summed E-state index contributed by atoms with van der Waals surface area (Å²) in [6.07, 6.45) is 73.6. The monoisotopic (exact) mass is 979 g/mol. The summed E-state index contributed by atoms with van der Waals surface area (Å²) in [6.45, 7) is 6.56. The van der Waals surface area contributed by atoms with E-state index in [9.17, 15) is 14.4 Å². The van der Waals surface area contributed by atoms with Gasteiger partial charge in [0.1, 0.15) is 13.2 Å². The van der Waals surface area contributed by atoms with Crippen molar-refractivity contribution in [2.24, 2.45) is 0 Å². The molecule has 0 saturated heterocycles. The van der Waals surface area contributed by atoms with Crippen LogP contribution >= 0.6 is 0 Å². The van der Waals surface area contributed by atoms with Gasteiger partial charge in [0, 0.05) is 19.3 Å². The van der Waals surface area contributed by atoms with Crippen LogP contribution in [0.5, 0.6) is 0 Å². The van der Waals surface area contributed by atoms with E-state index in [2.05, 4.69) is 81.5 Å². The molecule has 0 bridgehead atoms. The normalized spacial score (nSPS) is 12.4. The number of carbonyl (C=O) groups excluding carboxylic acids is 3. The molecule has 6 heteroatoms. The van der Waals surface area contributed by atoms with Gasteiger partial charge >= 0.3 is 17.9 Å². The van der Waals surface area contributed by atoms with Crippen LogP contribution in [0.1, 0.15) is 310 Å². The molecular formula is C64H114O6. The highest BCUT2D eigenvalue weighted by molar-refractivity contribution is 5.71. The van der Waals surface area contributed by atoms with Crippen molar-refractivity contribution >= 4 is 17.9 Å². The second-order valence-electron chi connectivity index (χ2n) is 20.2. The van der Waals surface area contributed by atoms with Gasteiger partial charge in [0.25, 0.3) is 0 Å². The number of esters is 3. The summed E-state index contributed by atoms with van der Waals surface area (Å²) >= 11 is 0. The van der Waals surface area contributed by atoms with Crippen LogP contribution in [0.25, 0.3) is 0 Å². The minimum Gasteiger partial charge on any atom is -0.462 e. The van der Waals surface area contributed by atoms with Gasteiger partial charge in [-0.3, -0.25) is 14.4 Å². The smallest absolute Gasteiger partial charge is 0.306 e. The second-order valence-corrected chi connectivity index (χ2v) is 20.2. The molecule has 0 rings (SSSR count). The fourth-order valence-corrected chi connectivity index (χ4v) is 8.77. The lowest BCUT2D eigenvalue weighted by Crippen LogP contribution is -2.30. The Labute approximate surface area is 434 Å². The maximum absolute atomic E-state index is 12.9. The van der Waals surface area contributed by atoms with Crippen molar-refractivity contribution in [1.29, 1.82) is 0 Å². The van der Waals surface area contributed by atoms with E-state index in [-0.39, 0.29) is 31.1 Å². The molecule has 0 aliphatic rings. The molecule has 1 unspecified atom stereocenters. The van der Waals surface area contributed by atoms with Gasteiger partial charge in [0.15, 0.2) is 6.10 Å². The molecule has 70 heavy (non-hydrogen) atoms. The number of ether oxygens (including phenoxy) is 3. The predicted molar refractivity (Wildman–Crippen MR) is 302 cm³/mol. The molecule has 0 aliphatic heterocycles. The standard InChI is InChI=1S/C64H114O6/c1-4-7-10-13-16-19-22-25-27-28-29-30-31-32-33-34-35-36-38-39-42-45-48-51-54-57-63(66)69-60-61(59-68-62(65)56-53-50-47-44-41-24-21-18-15-12-9-6-3)70-64(67)58-55-52-49-46-43-40-37-26-23-20-17-14-11-8-5-2/h7,10,16,19,25,27,29-30,32-33,61H,4-6,8-9,11-15,17-18,20-24,26,28,31,34-60H2,1-3H3/b10-7-,19-16-,27-25-,30-29-,33-32-. The van der Waals surface area contributed by atoms with Crippen LogP contribution in [-0.4, -0.2) is 37.2 Å². The number of rotatable bonds is 55. The van der Waals surface area contributed by atoms with E-state index in [1.165, 1.54) is 173 Å². The van der Waals surface area contributed by atoms with Crippen molar-refractivity contribution in [2.45, 2.75) is 316 Å². The zero-order chi connectivity index (χ0) is 50.7. The first-order valence-corrected chi connectivity index (χ1v) is 30.3. The molecule has 406 valence electrons. The van der Waals surface area contributed by atoms with Gasteiger partial charge in [-0.05, 0) is 64.2 Å². The van der Waals surface area contributed by atoms with Crippen LogP contribution < -0.4 is 0 Å². The molecule has 0 fully saturated rings. The van der Waals surface area contributed by atoms with Gasteiger partial charge < -0.3 is 14.2 Å². The van der Waals surface area contributed by atoms with E-state index in [0.717, 1.165) is 96.3 Å². The van der Waals surface area contributed by atoms with Crippen molar-refractivity contribution in [3.05, 3.63) is 60.8 Å². The molecule has 1 atom stereocenters. The van der Waals surface area contributed by atoms with Crippen molar-refractivity contribution < 1.29 is 28.6 Å². The van der Waals surface area contributed by atoms with Crippen LogP contribution in [0.2, 0.25) is 0 Å². The van der Waals surface area contributed by atoms with Gasteiger partial charge in [-0.1, -0.05) is 287 Å². The summed E-state index contributed by atoms with van der Waals surface area (Å²) in [6, 6.07) is 0. The maximum Gasteiger partial charge on any atom is 0.306 e. The van der Waals surface area contributed by atoms with E-state index in [4.69, 9.17) is 14.2 Å². The number of unbranched alkanes of at least 4 members (excludes halogenated alkanes) is 34. The zero-order valence-electron chi connectivity index (χ0n) is 46.5. The molecule has 0 saturated carbocycles. The molecule has 6 nitrogen and oxygen atoms in total. The fraction of sp³-hybridized carbons (Fsp3) is 0.797. The molecular weight excluding hydrogens is 865 g/mol. The third-order valence-corrected chi connectivity index (χ3v) is 13.3. The van der Waals surface area contributed by atoms with Crippen LogP contribution in [-0.2, 0) is 28.6 Å². The topological polar surface area (TPSA) is 78.9 Å². The Morgan fingerprint density at radius 1 is 0.300 bits per heavy atom. The number of hydrogen-bond donors (Lipinski definition) is 0. The minimum atomic E-state index is -0.772. The Balaban J connectivity index is 4.27. The van der Waals surface area contributed by atoms with Gasteiger partial charge in [0.05, 0.1) is 0 Å². The Hall–Kier alpha value is -2.89. The predicted octanol–water partition coefficient (Wildman–Crippen LogP) is 20.4. The lowest BCUT2D eigenvalue weighted by Gasteiger charge is -2.18. The number of hydrogen-bond acceptors (Lipinski definition) is 6. The lowest BCUT2D eigenvalue weighted by atomic mass is 10.0. The quantitative estimate of drug-likeness (QED) is 0.0261. The fourth-order valence-electron chi connectivity index (χ4n) is 8.77. The van der Waals surface area contributed by atoms with Crippen molar-refractivity contribution in [3.63, 3.8) is 0 Å². The Morgan fingerprint density at radius 2 is 0.557 bits per heavy atom. The van der Waals surface area contributed by atoms with Gasteiger partial charge in [-0.2, -0.15) is 0 Å². The van der Waals surface area contributed by atoms with E-state index >= 15 is 0 Å². The first kappa shape index (κ1) is 67.1. The highest BCUT2D eigenvalue weighted by Gasteiger charge is 2.19.